The topological polar surface area (TPSA) is 170 Å². The van der Waals surface area contributed by atoms with Crippen molar-refractivity contribution in [2.75, 3.05) is 7.11 Å². The maximum atomic E-state index is 13.9. The number of Topliss-reactive ketones (excluding diaryl/α,β-unsaturated/α-hetero) is 1. The van der Waals surface area contributed by atoms with Crippen molar-refractivity contribution in [3.8, 4) is 17.2 Å². The summed E-state index contributed by atoms with van der Waals surface area (Å²) in [7, 11) is 1.41. The van der Waals surface area contributed by atoms with Gasteiger partial charge in [-0.05, 0) is 31.0 Å². The smallest absolute Gasteiger partial charge is 0.198 e. The van der Waals surface area contributed by atoms with Crippen LogP contribution in [0.3, 0.4) is 0 Å². The Labute approximate surface area is 301 Å². The number of hydrogen-bond donors (Lipinski definition) is 5. The molecule has 1 aliphatic heterocycles. The van der Waals surface area contributed by atoms with Gasteiger partial charge in [-0.3, -0.25) is 19.9 Å². The Bertz CT molecular complexity index is 1990. The van der Waals surface area contributed by atoms with Gasteiger partial charge in [-0.15, -0.1) is 0 Å². The lowest BCUT2D eigenvalue weighted by Crippen LogP contribution is -2.55. The van der Waals surface area contributed by atoms with Crippen LogP contribution in [0.15, 0.2) is 78.9 Å². The number of carbonyl (C=O) groups excluding carboxylic acids is 2. The molecule has 0 spiro atoms. The number of carbonyl (C=O) groups is 2. The van der Waals surface area contributed by atoms with Crippen LogP contribution >= 0.6 is 0 Å². The number of aliphatic hydroxyl groups is 2. The van der Waals surface area contributed by atoms with Crippen molar-refractivity contribution in [3.63, 3.8) is 0 Å². The lowest BCUT2D eigenvalue weighted by atomic mass is 9.72. The number of rotatable bonds is 9. The normalized spacial score (nSPS) is 25.3. The summed E-state index contributed by atoms with van der Waals surface area (Å²) < 4.78 is 18.2. The number of hydrogen-bond acceptors (Lipinski definition) is 11. The molecule has 0 amide bonds. The van der Waals surface area contributed by atoms with E-state index >= 15 is 0 Å². The van der Waals surface area contributed by atoms with Gasteiger partial charge in [0.15, 0.2) is 17.9 Å². The first-order chi connectivity index (χ1) is 24.9. The fourth-order valence-electron chi connectivity index (χ4n) is 7.94. The van der Waals surface area contributed by atoms with Crippen LogP contribution in [0.1, 0.15) is 82.1 Å². The van der Waals surface area contributed by atoms with E-state index in [4.69, 9.17) is 19.6 Å². The predicted octanol–water partition coefficient (Wildman–Crippen LogP) is 4.96. The van der Waals surface area contributed by atoms with Crippen LogP contribution in [0.25, 0.3) is 0 Å². The van der Waals surface area contributed by atoms with E-state index in [2.05, 4.69) is 4.90 Å². The van der Waals surface area contributed by atoms with Gasteiger partial charge in [0, 0.05) is 55.1 Å². The Hall–Kier alpha value is -4.91. The van der Waals surface area contributed by atoms with Crippen LogP contribution in [0.2, 0.25) is 0 Å². The largest absolute Gasteiger partial charge is 0.507 e. The van der Waals surface area contributed by atoms with Crippen LogP contribution in [-0.2, 0) is 33.8 Å². The molecule has 1 heterocycles. The molecule has 270 valence electrons. The molecular weight excluding hydrogens is 664 g/mol. The molecule has 1 fully saturated rings. The number of nitrogens with one attached hydrogen (secondary N) is 1. The van der Waals surface area contributed by atoms with Crippen LogP contribution < -0.4 is 4.74 Å². The molecule has 1 saturated heterocycles. The summed E-state index contributed by atoms with van der Waals surface area (Å²) in [6.07, 6.45) is -4.27. The van der Waals surface area contributed by atoms with Crippen molar-refractivity contribution < 1.29 is 44.2 Å². The van der Waals surface area contributed by atoms with Gasteiger partial charge in [-0.2, -0.15) is 0 Å². The van der Waals surface area contributed by atoms with Gasteiger partial charge in [0.25, 0.3) is 0 Å². The predicted molar refractivity (Wildman–Crippen MR) is 191 cm³/mol. The average molecular weight is 707 g/mol. The minimum absolute atomic E-state index is 0.0204. The van der Waals surface area contributed by atoms with Crippen LogP contribution in [0, 0.1) is 5.41 Å². The SMILES string of the molecule is COc1cccc2c1C(=N)c1c(O)c3c(c(O)c1C2=O)CC(O)(C(C)=O)CC3OC1CC(N(Cc2ccccc2)Cc2ccccc2)C(O)C(C)O1. The highest BCUT2D eigenvalue weighted by atomic mass is 16.7. The number of fused-ring (bicyclic) bond motifs is 3. The summed E-state index contributed by atoms with van der Waals surface area (Å²) in [4.78, 5) is 29.0. The summed E-state index contributed by atoms with van der Waals surface area (Å²) in [5, 5.41) is 56.0. The summed E-state index contributed by atoms with van der Waals surface area (Å²) in [5.41, 5.74) is -0.299. The van der Waals surface area contributed by atoms with Crippen molar-refractivity contribution in [1.29, 1.82) is 5.41 Å². The average Bonchev–Trinajstić information content (AvgIpc) is 3.13. The van der Waals surface area contributed by atoms with Crippen LogP contribution in [0.5, 0.6) is 17.2 Å². The molecule has 0 saturated carbocycles. The maximum absolute atomic E-state index is 13.9. The van der Waals surface area contributed by atoms with E-state index < -0.39 is 59.3 Å². The number of ether oxygens (including phenoxy) is 3. The molecule has 6 unspecified atom stereocenters. The van der Waals surface area contributed by atoms with Crippen molar-refractivity contribution in [3.05, 3.63) is 123 Å². The van der Waals surface area contributed by atoms with Crippen molar-refractivity contribution in [1.82, 2.24) is 4.90 Å². The lowest BCUT2D eigenvalue weighted by Gasteiger charge is -2.45. The summed E-state index contributed by atoms with van der Waals surface area (Å²) in [6, 6.07) is 24.1. The Morgan fingerprint density at radius 1 is 0.942 bits per heavy atom. The zero-order valence-electron chi connectivity index (χ0n) is 29.2. The van der Waals surface area contributed by atoms with E-state index in [9.17, 15) is 30.0 Å². The highest BCUT2D eigenvalue weighted by Crippen LogP contribution is 2.52. The molecular formula is C41H42N2O9. The first-order valence-corrected chi connectivity index (χ1v) is 17.4. The fraction of sp³-hybridized carbons (Fsp3) is 0.341. The summed E-state index contributed by atoms with van der Waals surface area (Å²) in [6.45, 7) is 4.02. The van der Waals surface area contributed by atoms with Gasteiger partial charge in [-0.1, -0.05) is 72.8 Å². The van der Waals surface area contributed by atoms with Gasteiger partial charge in [-0.25, -0.2) is 0 Å². The molecule has 0 bridgehead atoms. The first kappa shape index (κ1) is 35.5. The zero-order valence-corrected chi connectivity index (χ0v) is 29.2. The van der Waals surface area contributed by atoms with Crippen molar-refractivity contribution in [2.24, 2.45) is 0 Å². The second kappa shape index (κ2) is 13.9. The Morgan fingerprint density at radius 2 is 1.58 bits per heavy atom. The molecule has 3 aliphatic rings. The van der Waals surface area contributed by atoms with E-state index in [0.29, 0.717) is 13.1 Å². The number of methoxy groups -OCH3 is 1. The lowest BCUT2D eigenvalue weighted by molar-refractivity contribution is -0.259. The molecule has 11 heteroatoms. The molecule has 4 aromatic rings. The fourth-order valence-corrected chi connectivity index (χ4v) is 7.94. The molecule has 11 nitrogen and oxygen atoms in total. The summed E-state index contributed by atoms with van der Waals surface area (Å²) in [5.74, 6) is -1.98. The minimum Gasteiger partial charge on any atom is -0.507 e. The minimum atomic E-state index is -2.01. The third-order valence-electron chi connectivity index (χ3n) is 10.7. The molecule has 7 rings (SSSR count). The number of nitrogens with zero attached hydrogens (tertiary/aromatic N) is 1. The number of phenolic OH excluding ortho intramolecular Hbond substituents is 2. The van der Waals surface area contributed by atoms with E-state index in [1.54, 1.807) is 19.1 Å². The van der Waals surface area contributed by atoms with E-state index in [1.807, 2.05) is 60.7 Å². The number of aromatic hydroxyl groups is 2. The summed E-state index contributed by atoms with van der Waals surface area (Å²) >= 11 is 0. The zero-order chi connectivity index (χ0) is 36.9. The highest BCUT2D eigenvalue weighted by Gasteiger charge is 2.49. The Kier molecular flexibility index (Phi) is 9.49. The van der Waals surface area contributed by atoms with Gasteiger partial charge in [0.2, 0.25) is 0 Å². The van der Waals surface area contributed by atoms with Crippen LogP contribution in [-0.4, -0.2) is 79.9 Å². The number of aliphatic hydroxyl groups excluding tert-OH is 1. The Balaban J connectivity index is 1.28. The van der Waals surface area contributed by atoms with Crippen molar-refractivity contribution >= 4 is 17.3 Å². The molecule has 0 aromatic heterocycles. The van der Waals surface area contributed by atoms with Gasteiger partial charge in [0.05, 0.1) is 47.8 Å². The number of ketones is 2. The molecule has 0 radical (unpaired) electrons. The Morgan fingerprint density at radius 3 is 2.17 bits per heavy atom. The molecule has 2 aliphatic carbocycles. The molecule has 4 aromatic carbocycles. The van der Waals surface area contributed by atoms with Gasteiger partial charge < -0.3 is 34.6 Å². The van der Waals surface area contributed by atoms with E-state index in [0.717, 1.165) is 11.1 Å². The van der Waals surface area contributed by atoms with Crippen molar-refractivity contribution in [2.45, 2.75) is 82.4 Å². The standard InChI is InChI=1S/C41H42N2O9/c1-22-37(45)28(43(20-24-11-6-4-7-12-24)21-25-13-8-5-9-14-25)17-31(51-22)52-30-19-41(49,23(2)44)18-27-33(30)40(48)34-35(39(27)47)38(46)26-15-10-16-29(50-3)32(26)36(34)42/h4-16,22,28,30-31,37,42,45,47-49H,17-21H2,1-3H3. The van der Waals surface area contributed by atoms with Gasteiger partial charge >= 0.3 is 0 Å². The molecule has 6 atom stereocenters. The first-order valence-electron chi connectivity index (χ1n) is 17.4. The third-order valence-corrected chi connectivity index (χ3v) is 10.7. The monoisotopic (exact) mass is 706 g/mol. The quantitative estimate of drug-likeness (QED) is 0.132. The molecule has 5 N–H and O–H groups in total. The maximum Gasteiger partial charge on any atom is 0.198 e. The highest BCUT2D eigenvalue weighted by molar-refractivity contribution is 6.32. The molecule has 52 heavy (non-hydrogen) atoms. The van der Waals surface area contributed by atoms with E-state index in [-0.39, 0.29) is 64.1 Å². The number of benzene rings is 4. The third kappa shape index (κ3) is 6.18. The van der Waals surface area contributed by atoms with Crippen LogP contribution in [0.4, 0.5) is 0 Å². The van der Waals surface area contributed by atoms with Gasteiger partial charge in [0.1, 0.15) is 22.8 Å². The number of phenols is 2. The second-order valence-electron chi connectivity index (χ2n) is 14.0. The second-order valence-corrected chi connectivity index (χ2v) is 14.0. The van der Waals surface area contributed by atoms with E-state index in [1.165, 1.54) is 20.1 Å².